The Kier molecular flexibility index (Phi) is 3.99. The Morgan fingerprint density at radius 1 is 1.59 bits per heavy atom. The lowest BCUT2D eigenvalue weighted by molar-refractivity contribution is -0.436. The summed E-state index contributed by atoms with van der Waals surface area (Å²) >= 11 is 9.12. The van der Waals surface area contributed by atoms with E-state index in [0.29, 0.717) is 5.03 Å². The van der Waals surface area contributed by atoms with Crippen LogP contribution in [-0.2, 0) is 4.79 Å². The minimum absolute atomic E-state index is 0.149. The smallest absolute Gasteiger partial charge is 0.309 e. The van der Waals surface area contributed by atoms with Crippen LogP contribution in [0.15, 0.2) is 22.9 Å². The second-order valence-corrected chi connectivity index (χ2v) is 5.73. The Morgan fingerprint density at radius 3 is 2.53 bits per heavy atom. The molecule has 0 saturated heterocycles. The molecule has 0 spiro atoms. The summed E-state index contributed by atoms with van der Waals surface area (Å²) in [6, 6.07) is 0. The van der Waals surface area contributed by atoms with Crippen LogP contribution in [-0.4, -0.2) is 20.8 Å². The molecule has 0 saturated carbocycles. The van der Waals surface area contributed by atoms with E-state index in [1.54, 1.807) is 0 Å². The predicted octanol–water partition coefficient (Wildman–Crippen LogP) is 2.77. The van der Waals surface area contributed by atoms with Crippen LogP contribution < -0.4 is 0 Å². The van der Waals surface area contributed by atoms with Crippen LogP contribution in [0, 0.1) is 21.4 Å². The molecule has 0 bridgehead atoms. The van der Waals surface area contributed by atoms with Crippen molar-refractivity contribution in [2.75, 3.05) is 0 Å². The lowest BCUT2D eigenvalue weighted by Crippen LogP contribution is -2.41. The summed E-state index contributed by atoms with van der Waals surface area (Å²) in [6.07, 6.45) is 2.67. The van der Waals surface area contributed by atoms with Crippen molar-refractivity contribution in [1.29, 1.82) is 0 Å². The molecule has 0 aromatic carbocycles. The molecular formula is C10H11BrClNO4. The summed E-state index contributed by atoms with van der Waals surface area (Å²) in [6.45, 7) is 2.89. The van der Waals surface area contributed by atoms with E-state index in [4.69, 9.17) is 16.7 Å². The average Bonchev–Trinajstić information content (AvgIpc) is 2.20. The molecule has 0 fully saturated rings. The molecule has 0 amide bonds. The van der Waals surface area contributed by atoms with Gasteiger partial charge in [-0.3, -0.25) is 14.9 Å². The Labute approximate surface area is 111 Å². The molecule has 0 heterocycles. The summed E-state index contributed by atoms with van der Waals surface area (Å²) in [5.41, 5.74) is -1.44. The average molecular weight is 325 g/mol. The first-order chi connectivity index (χ1) is 7.69. The highest BCUT2D eigenvalue weighted by Gasteiger charge is 2.49. The van der Waals surface area contributed by atoms with Gasteiger partial charge < -0.3 is 5.11 Å². The SMILES string of the molecule is CC(C)(C(=O)O)C1C([N+](=O)[O-])=CC=C(Cl)C1Br. The molecule has 1 aliphatic carbocycles. The van der Waals surface area contributed by atoms with Crippen LogP contribution in [0.1, 0.15) is 13.8 Å². The van der Waals surface area contributed by atoms with E-state index in [-0.39, 0.29) is 5.70 Å². The molecule has 5 nitrogen and oxygen atoms in total. The maximum atomic E-state index is 11.2. The first kappa shape index (κ1) is 14.2. The van der Waals surface area contributed by atoms with Crippen LogP contribution in [0.5, 0.6) is 0 Å². The fourth-order valence-electron chi connectivity index (χ4n) is 1.71. The number of hydrogen-bond donors (Lipinski definition) is 1. The summed E-state index contributed by atoms with van der Waals surface area (Å²) < 4.78 is 0. The first-order valence-corrected chi connectivity index (χ1v) is 6.08. The summed E-state index contributed by atoms with van der Waals surface area (Å²) in [5.74, 6) is -1.93. The second-order valence-electron chi connectivity index (χ2n) is 4.31. The van der Waals surface area contributed by atoms with Gasteiger partial charge in [-0.1, -0.05) is 27.5 Å². The van der Waals surface area contributed by atoms with Gasteiger partial charge in [0.25, 0.3) is 5.70 Å². The molecular weight excluding hydrogens is 313 g/mol. The molecule has 0 aromatic heterocycles. The third-order valence-corrected chi connectivity index (χ3v) is 4.47. The number of carbonyl (C=O) groups is 1. The van der Waals surface area contributed by atoms with E-state index in [9.17, 15) is 14.9 Å². The van der Waals surface area contributed by atoms with E-state index in [2.05, 4.69) is 15.9 Å². The van der Waals surface area contributed by atoms with Crippen molar-refractivity contribution in [3.63, 3.8) is 0 Å². The van der Waals surface area contributed by atoms with Crippen molar-refractivity contribution >= 4 is 33.5 Å². The van der Waals surface area contributed by atoms with Gasteiger partial charge in [-0.2, -0.15) is 0 Å². The maximum absolute atomic E-state index is 11.2. The van der Waals surface area contributed by atoms with E-state index < -0.39 is 27.1 Å². The third kappa shape index (κ3) is 2.52. The zero-order valence-corrected chi connectivity index (χ0v) is 11.5. The Bertz CT molecular complexity index is 430. The zero-order chi connectivity index (χ0) is 13.4. The number of rotatable bonds is 3. The van der Waals surface area contributed by atoms with Crippen LogP contribution in [0.4, 0.5) is 0 Å². The fraction of sp³-hybridized carbons (Fsp3) is 0.500. The standard InChI is InChI=1S/C10H11BrClNO4/c1-10(2,9(14)15)7-6(13(16)17)4-3-5(12)8(7)11/h3-4,7-8H,1-2H3,(H,14,15). The molecule has 2 unspecified atom stereocenters. The fourth-order valence-corrected chi connectivity index (χ4v) is 2.99. The number of nitro groups is 1. The molecule has 0 aliphatic heterocycles. The Hall–Kier alpha value is -0.880. The van der Waals surface area contributed by atoms with Crippen LogP contribution >= 0.6 is 27.5 Å². The number of carboxylic acids is 1. The normalized spacial score (nSPS) is 24.9. The van der Waals surface area contributed by atoms with E-state index in [0.717, 1.165) is 0 Å². The highest BCUT2D eigenvalue weighted by Crippen LogP contribution is 2.44. The van der Waals surface area contributed by atoms with Gasteiger partial charge in [0.05, 0.1) is 21.1 Å². The number of allylic oxidation sites excluding steroid dienone is 4. The molecule has 94 valence electrons. The van der Waals surface area contributed by atoms with Crippen LogP contribution in [0.25, 0.3) is 0 Å². The molecule has 2 atom stereocenters. The zero-order valence-electron chi connectivity index (χ0n) is 9.18. The number of aliphatic carboxylic acids is 1. The number of alkyl halides is 1. The minimum Gasteiger partial charge on any atom is -0.481 e. The largest absolute Gasteiger partial charge is 0.481 e. The quantitative estimate of drug-likeness (QED) is 0.492. The van der Waals surface area contributed by atoms with Gasteiger partial charge in [0.15, 0.2) is 0 Å². The van der Waals surface area contributed by atoms with E-state index in [1.807, 2.05) is 0 Å². The van der Waals surface area contributed by atoms with Gasteiger partial charge in [0.2, 0.25) is 0 Å². The van der Waals surface area contributed by atoms with Gasteiger partial charge in [-0.25, -0.2) is 0 Å². The van der Waals surface area contributed by atoms with Crippen molar-refractivity contribution in [3.05, 3.63) is 33.0 Å². The highest BCUT2D eigenvalue weighted by atomic mass is 79.9. The van der Waals surface area contributed by atoms with Crippen LogP contribution in [0.3, 0.4) is 0 Å². The number of hydrogen-bond acceptors (Lipinski definition) is 3. The monoisotopic (exact) mass is 323 g/mol. The van der Waals surface area contributed by atoms with Gasteiger partial charge in [-0.05, 0) is 19.9 Å². The van der Waals surface area contributed by atoms with Crippen molar-refractivity contribution in [3.8, 4) is 0 Å². The third-order valence-electron chi connectivity index (χ3n) is 2.83. The topological polar surface area (TPSA) is 80.4 Å². The summed E-state index contributed by atoms with van der Waals surface area (Å²) in [4.78, 5) is 21.0. The molecule has 17 heavy (non-hydrogen) atoms. The molecule has 1 aliphatic rings. The Balaban J connectivity index is 3.29. The van der Waals surface area contributed by atoms with E-state index in [1.165, 1.54) is 26.0 Å². The summed E-state index contributed by atoms with van der Waals surface area (Å²) in [7, 11) is 0. The van der Waals surface area contributed by atoms with Crippen molar-refractivity contribution < 1.29 is 14.8 Å². The molecule has 7 heteroatoms. The van der Waals surface area contributed by atoms with Crippen molar-refractivity contribution in [1.82, 2.24) is 0 Å². The van der Waals surface area contributed by atoms with Crippen molar-refractivity contribution in [2.45, 2.75) is 18.7 Å². The highest BCUT2D eigenvalue weighted by molar-refractivity contribution is 9.09. The molecule has 1 rings (SSSR count). The molecule has 0 radical (unpaired) electrons. The van der Waals surface area contributed by atoms with E-state index >= 15 is 0 Å². The number of halogens is 2. The first-order valence-electron chi connectivity index (χ1n) is 4.78. The predicted molar refractivity (Wildman–Crippen MR) is 66.6 cm³/mol. The molecule has 0 aromatic rings. The van der Waals surface area contributed by atoms with Gasteiger partial charge in [-0.15, -0.1) is 0 Å². The number of nitrogens with zero attached hydrogens (tertiary/aromatic N) is 1. The van der Waals surface area contributed by atoms with Crippen LogP contribution in [0.2, 0.25) is 0 Å². The lowest BCUT2D eigenvalue weighted by Gasteiger charge is -2.33. The number of carboxylic acid groups (broad SMARTS) is 1. The van der Waals surface area contributed by atoms with Crippen molar-refractivity contribution in [2.24, 2.45) is 11.3 Å². The second kappa shape index (κ2) is 4.78. The lowest BCUT2D eigenvalue weighted by atomic mass is 9.73. The van der Waals surface area contributed by atoms with Gasteiger partial charge in [0.1, 0.15) is 0 Å². The van der Waals surface area contributed by atoms with Gasteiger partial charge >= 0.3 is 5.97 Å². The minimum atomic E-state index is -1.29. The molecule has 1 N–H and O–H groups in total. The summed E-state index contributed by atoms with van der Waals surface area (Å²) in [5, 5.41) is 20.5. The van der Waals surface area contributed by atoms with Gasteiger partial charge in [0, 0.05) is 11.1 Å². The Morgan fingerprint density at radius 2 is 2.12 bits per heavy atom. The maximum Gasteiger partial charge on any atom is 0.309 e.